The molecule has 3 fully saturated rings. The Morgan fingerprint density at radius 2 is 1.90 bits per heavy atom. The molecule has 0 aromatic heterocycles. The lowest BCUT2D eigenvalue weighted by Crippen LogP contribution is -2.88. The maximum absolute atomic E-state index is 12.7. The summed E-state index contributed by atoms with van der Waals surface area (Å²) in [5.41, 5.74) is 2.86. The minimum atomic E-state index is -2.81. The molecule has 3 rings (SSSR count). The Bertz CT molecular complexity index is 186. The lowest BCUT2D eigenvalue weighted by atomic mass is 9.37. The third-order valence-electron chi connectivity index (χ3n) is 2.90. The Morgan fingerprint density at radius 1 is 1.40 bits per heavy atom. The zero-order chi connectivity index (χ0) is 7.62. The molecule has 3 N–H and O–H groups in total. The molecule has 0 spiro atoms. The lowest BCUT2D eigenvalue weighted by molar-refractivity contribution is -0.370. The maximum atomic E-state index is 12.7. The van der Waals surface area contributed by atoms with Crippen molar-refractivity contribution in [3.63, 3.8) is 0 Å². The lowest BCUT2D eigenvalue weighted by Gasteiger charge is -2.73. The van der Waals surface area contributed by atoms with Gasteiger partial charge in [0, 0.05) is 0 Å². The van der Waals surface area contributed by atoms with Crippen LogP contribution in [0.3, 0.4) is 0 Å². The van der Waals surface area contributed by atoms with Crippen molar-refractivity contribution in [1.29, 1.82) is 0 Å². The summed E-state index contributed by atoms with van der Waals surface area (Å²) in [6.45, 7) is -0.432. The highest BCUT2D eigenvalue weighted by atomic mass is 19.3. The van der Waals surface area contributed by atoms with E-state index in [0.717, 1.165) is 0 Å². The minimum Gasteiger partial charge on any atom is -0.396 e. The van der Waals surface area contributed by atoms with Crippen LogP contribution in [0, 0.1) is 5.41 Å². The summed E-state index contributed by atoms with van der Waals surface area (Å²) >= 11 is 0. The summed E-state index contributed by atoms with van der Waals surface area (Å²) in [5.74, 6) is -2.81. The van der Waals surface area contributed by atoms with Crippen LogP contribution in [0.5, 0.6) is 0 Å². The molecule has 0 amide bonds. The van der Waals surface area contributed by atoms with Crippen LogP contribution < -0.4 is 5.73 Å². The summed E-state index contributed by atoms with van der Waals surface area (Å²) in [6, 6.07) is 0. The van der Waals surface area contributed by atoms with Crippen LogP contribution >= 0.6 is 0 Å². The largest absolute Gasteiger partial charge is 0.396 e. The number of hydrogen-bond donors (Lipinski definition) is 2. The summed E-state index contributed by atoms with van der Waals surface area (Å²) in [4.78, 5) is 0. The predicted molar refractivity (Wildman–Crippen MR) is 30.6 cm³/mol. The topological polar surface area (TPSA) is 46.2 Å². The highest BCUT2D eigenvalue weighted by Crippen LogP contribution is 2.74. The molecule has 0 heterocycles. The molecular weight excluding hydrogens is 140 g/mol. The number of alkyl halides is 2. The second-order valence-corrected chi connectivity index (χ2v) is 3.52. The van der Waals surface area contributed by atoms with E-state index in [1.54, 1.807) is 0 Å². The zero-order valence-electron chi connectivity index (χ0n) is 5.40. The molecular formula is C6H9F2NO. The van der Waals surface area contributed by atoms with Gasteiger partial charge >= 0.3 is 0 Å². The minimum absolute atomic E-state index is 0.281. The highest BCUT2D eigenvalue weighted by Gasteiger charge is 2.86. The van der Waals surface area contributed by atoms with Crippen LogP contribution in [-0.4, -0.2) is 23.2 Å². The maximum Gasteiger partial charge on any atom is 0.273 e. The van der Waals surface area contributed by atoms with E-state index in [9.17, 15) is 8.78 Å². The van der Waals surface area contributed by atoms with Crippen LogP contribution in [0.15, 0.2) is 0 Å². The zero-order valence-corrected chi connectivity index (χ0v) is 5.40. The van der Waals surface area contributed by atoms with Gasteiger partial charge in [0.25, 0.3) is 5.92 Å². The van der Waals surface area contributed by atoms with Crippen LogP contribution in [0.4, 0.5) is 8.78 Å². The van der Waals surface area contributed by atoms with Crippen molar-refractivity contribution in [2.24, 2.45) is 11.1 Å². The second-order valence-electron chi connectivity index (χ2n) is 3.52. The third kappa shape index (κ3) is 0.333. The van der Waals surface area contributed by atoms with E-state index in [4.69, 9.17) is 10.8 Å². The first-order valence-corrected chi connectivity index (χ1v) is 3.25. The van der Waals surface area contributed by atoms with Crippen molar-refractivity contribution in [2.75, 3.05) is 6.61 Å². The molecule has 0 aromatic carbocycles. The van der Waals surface area contributed by atoms with Gasteiger partial charge < -0.3 is 10.8 Å². The molecule has 0 aromatic rings. The van der Waals surface area contributed by atoms with Gasteiger partial charge in [0.15, 0.2) is 0 Å². The van der Waals surface area contributed by atoms with Gasteiger partial charge in [0.2, 0.25) is 0 Å². The van der Waals surface area contributed by atoms with Crippen molar-refractivity contribution in [1.82, 2.24) is 0 Å². The molecule has 0 unspecified atom stereocenters. The highest BCUT2D eigenvalue weighted by molar-refractivity contribution is 5.33. The third-order valence-corrected chi connectivity index (χ3v) is 2.90. The standard InChI is InChI=1S/C6H9F2NO/c7-6(8)4(3-10)1-5(6,9)2-4/h10H,1-3,9H2. The molecule has 3 aliphatic carbocycles. The van der Waals surface area contributed by atoms with Crippen LogP contribution in [0.1, 0.15) is 12.8 Å². The Labute approximate surface area is 57.0 Å². The first-order valence-electron chi connectivity index (χ1n) is 3.25. The van der Waals surface area contributed by atoms with Crippen molar-refractivity contribution in [3.05, 3.63) is 0 Å². The first kappa shape index (κ1) is 6.49. The average Bonchev–Trinajstić information content (AvgIpc) is 1.82. The van der Waals surface area contributed by atoms with Gasteiger partial charge in [-0.25, -0.2) is 8.78 Å². The normalized spacial score (nSPS) is 55.2. The van der Waals surface area contributed by atoms with Gasteiger partial charge in [0.05, 0.1) is 17.6 Å². The second kappa shape index (κ2) is 1.23. The quantitative estimate of drug-likeness (QED) is 0.555. The van der Waals surface area contributed by atoms with Gasteiger partial charge in [-0.1, -0.05) is 0 Å². The molecule has 2 bridgehead atoms. The Balaban J connectivity index is 2.24. The number of halogens is 2. The molecule has 10 heavy (non-hydrogen) atoms. The van der Waals surface area contributed by atoms with Gasteiger partial charge in [-0.3, -0.25) is 0 Å². The Kier molecular flexibility index (Phi) is 0.798. The van der Waals surface area contributed by atoms with Crippen LogP contribution in [0.2, 0.25) is 0 Å². The van der Waals surface area contributed by atoms with Crippen LogP contribution in [-0.2, 0) is 0 Å². The smallest absolute Gasteiger partial charge is 0.273 e. The van der Waals surface area contributed by atoms with Crippen molar-refractivity contribution < 1.29 is 13.9 Å². The fourth-order valence-corrected chi connectivity index (χ4v) is 2.13. The van der Waals surface area contributed by atoms with Gasteiger partial charge in [-0.15, -0.1) is 0 Å². The SMILES string of the molecule is NC12CC(CO)(C1)C2(F)F. The number of aliphatic hydroxyl groups excluding tert-OH is 1. The van der Waals surface area contributed by atoms with E-state index in [1.807, 2.05) is 0 Å². The van der Waals surface area contributed by atoms with Crippen molar-refractivity contribution >= 4 is 0 Å². The monoisotopic (exact) mass is 149 g/mol. The fourth-order valence-electron chi connectivity index (χ4n) is 2.13. The van der Waals surface area contributed by atoms with Crippen molar-refractivity contribution in [3.8, 4) is 0 Å². The molecule has 58 valence electrons. The number of rotatable bonds is 1. The molecule has 0 aliphatic heterocycles. The Morgan fingerprint density at radius 3 is 2.00 bits per heavy atom. The van der Waals surface area contributed by atoms with E-state index < -0.39 is 23.5 Å². The molecule has 0 radical (unpaired) electrons. The first-order chi connectivity index (χ1) is 4.47. The van der Waals surface area contributed by atoms with Gasteiger partial charge in [-0.2, -0.15) is 0 Å². The molecule has 0 atom stereocenters. The van der Waals surface area contributed by atoms with Gasteiger partial charge in [0.1, 0.15) is 0 Å². The van der Waals surface area contributed by atoms with E-state index >= 15 is 0 Å². The van der Waals surface area contributed by atoms with Gasteiger partial charge in [-0.05, 0) is 12.8 Å². The molecule has 3 saturated carbocycles. The number of aliphatic hydroxyl groups is 1. The molecule has 4 heteroatoms. The summed E-state index contributed by atoms with van der Waals surface area (Å²) in [6.07, 6.45) is 0.562. The number of nitrogens with two attached hydrogens (primary N) is 1. The molecule has 0 saturated heterocycles. The van der Waals surface area contributed by atoms with E-state index in [1.165, 1.54) is 0 Å². The van der Waals surface area contributed by atoms with Crippen molar-refractivity contribution in [2.45, 2.75) is 24.3 Å². The molecule has 3 aliphatic rings. The predicted octanol–water partition coefficient (Wildman–Crippen LogP) is 0.105. The summed E-state index contributed by atoms with van der Waals surface area (Å²) in [5, 5.41) is 8.60. The molecule has 2 nitrogen and oxygen atoms in total. The van der Waals surface area contributed by atoms with E-state index in [-0.39, 0.29) is 12.8 Å². The van der Waals surface area contributed by atoms with Crippen LogP contribution in [0.25, 0.3) is 0 Å². The van der Waals surface area contributed by atoms with E-state index in [0.29, 0.717) is 0 Å². The fraction of sp³-hybridized carbons (Fsp3) is 1.00. The van der Waals surface area contributed by atoms with E-state index in [2.05, 4.69) is 0 Å². The Hall–Kier alpha value is -0.220. The number of hydrogen-bond acceptors (Lipinski definition) is 2. The summed E-state index contributed by atoms with van der Waals surface area (Å²) in [7, 11) is 0. The average molecular weight is 149 g/mol. The summed E-state index contributed by atoms with van der Waals surface area (Å²) < 4.78 is 25.5.